The molecular weight excluding hydrogens is 358 g/mol. The Morgan fingerprint density at radius 1 is 1.21 bits per heavy atom. The third-order valence-corrected chi connectivity index (χ3v) is 5.29. The molecule has 0 spiro atoms. The summed E-state index contributed by atoms with van der Waals surface area (Å²) in [5.74, 6) is -0.699. The van der Waals surface area contributed by atoms with E-state index >= 15 is 0 Å². The third kappa shape index (κ3) is 3.22. The van der Waals surface area contributed by atoms with Crippen LogP contribution >= 0.6 is 0 Å². The van der Waals surface area contributed by atoms with Crippen LogP contribution in [0.1, 0.15) is 33.9 Å². The van der Waals surface area contributed by atoms with Crippen molar-refractivity contribution in [3.05, 3.63) is 64.4 Å². The van der Waals surface area contributed by atoms with E-state index in [4.69, 9.17) is 9.15 Å². The number of carboxylic acids is 1. The second-order valence-electron chi connectivity index (χ2n) is 7.13. The monoisotopic (exact) mass is 379 g/mol. The number of benzene rings is 2. The maximum absolute atomic E-state index is 12.6. The number of hydrogen-bond donors (Lipinski definition) is 2. The lowest BCUT2D eigenvalue weighted by Gasteiger charge is -2.15. The molecule has 2 heterocycles. The lowest BCUT2D eigenvalue weighted by molar-refractivity contribution is -0.141. The topological polar surface area (TPSA) is 88.8 Å². The number of furan rings is 1. The van der Waals surface area contributed by atoms with Gasteiger partial charge in [-0.1, -0.05) is 18.2 Å². The minimum absolute atomic E-state index is 0.0489. The normalized spacial score (nSPS) is 13.8. The number of carbonyl (C=O) groups is 2. The van der Waals surface area contributed by atoms with Gasteiger partial charge in [-0.15, -0.1) is 0 Å². The van der Waals surface area contributed by atoms with Crippen LogP contribution in [-0.4, -0.2) is 23.6 Å². The zero-order valence-corrected chi connectivity index (χ0v) is 15.7. The molecule has 1 aromatic heterocycles. The van der Waals surface area contributed by atoms with Gasteiger partial charge in [0.05, 0.1) is 19.3 Å². The molecular formula is C22H21NO5. The molecule has 1 aliphatic heterocycles. The Labute approximate surface area is 162 Å². The van der Waals surface area contributed by atoms with Crippen molar-refractivity contribution in [3.8, 4) is 5.75 Å². The molecule has 3 aromatic rings. The first-order chi connectivity index (χ1) is 13.4. The van der Waals surface area contributed by atoms with Gasteiger partial charge in [0, 0.05) is 17.4 Å². The van der Waals surface area contributed by atoms with Gasteiger partial charge >= 0.3 is 5.97 Å². The molecule has 28 heavy (non-hydrogen) atoms. The number of amides is 1. The molecule has 1 unspecified atom stereocenters. The molecule has 2 N–H and O–H groups in total. The van der Waals surface area contributed by atoms with Gasteiger partial charge in [0.25, 0.3) is 0 Å². The Morgan fingerprint density at radius 2 is 2.04 bits per heavy atom. The first-order valence-corrected chi connectivity index (χ1v) is 9.18. The minimum Gasteiger partial charge on any atom is -0.493 e. The van der Waals surface area contributed by atoms with Crippen LogP contribution in [0.3, 0.4) is 0 Å². The van der Waals surface area contributed by atoms with Gasteiger partial charge in [-0.05, 0) is 48.2 Å². The zero-order chi connectivity index (χ0) is 19.8. The number of carbonyl (C=O) groups excluding carboxylic acids is 1. The summed E-state index contributed by atoms with van der Waals surface area (Å²) in [6.07, 6.45) is 2.36. The van der Waals surface area contributed by atoms with Gasteiger partial charge in [-0.25, -0.2) is 4.79 Å². The molecule has 0 bridgehead atoms. The lowest BCUT2D eigenvalue weighted by Crippen LogP contribution is -2.34. The molecule has 2 aromatic carbocycles. The fourth-order valence-electron chi connectivity index (χ4n) is 3.58. The van der Waals surface area contributed by atoms with Crippen LogP contribution in [0.5, 0.6) is 5.75 Å². The van der Waals surface area contributed by atoms with Crippen LogP contribution in [-0.2, 0) is 22.4 Å². The summed E-state index contributed by atoms with van der Waals surface area (Å²) in [7, 11) is 0. The maximum atomic E-state index is 12.6. The van der Waals surface area contributed by atoms with Gasteiger partial charge in [0.1, 0.15) is 11.3 Å². The number of rotatable bonds is 5. The average molecular weight is 379 g/mol. The van der Waals surface area contributed by atoms with Crippen LogP contribution in [0.2, 0.25) is 0 Å². The summed E-state index contributed by atoms with van der Waals surface area (Å²) >= 11 is 0. The van der Waals surface area contributed by atoms with Gasteiger partial charge in [-0.2, -0.15) is 0 Å². The van der Waals surface area contributed by atoms with Crippen molar-refractivity contribution < 1.29 is 23.8 Å². The Hall–Kier alpha value is -3.28. The van der Waals surface area contributed by atoms with Gasteiger partial charge in [0.2, 0.25) is 5.91 Å². The predicted molar refractivity (Wildman–Crippen MR) is 104 cm³/mol. The van der Waals surface area contributed by atoms with Gasteiger partial charge < -0.3 is 19.6 Å². The Kier molecular flexibility index (Phi) is 4.55. The largest absolute Gasteiger partial charge is 0.493 e. The highest BCUT2D eigenvalue weighted by Gasteiger charge is 2.25. The van der Waals surface area contributed by atoms with Gasteiger partial charge in [-0.3, -0.25) is 4.79 Å². The van der Waals surface area contributed by atoms with Crippen LogP contribution in [0.4, 0.5) is 0 Å². The molecule has 1 amide bonds. The number of fused-ring (bicyclic) bond motifs is 2. The van der Waals surface area contributed by atoms with E-state index in [1.54, 1.807) is 24.5 Å². The highest BCUT2D eigenvalue weighted by Crippen LogP contribution is 2.29. The van der Waals surface area contributed by atoms with E-state index in [-0.39, 0.29) is 12.3 Å². The van der Waals surface area contributed by atoms with Crippen LogP contribution in [0.25, 0.3) is 11.0 Å². The second kappa shape index (κ2) is 7.03. The number of aliphatic carboxylic acids is 1. The highest BCUT2D eigenvalue weighted by atomic mass is 16.5. The molecule has 4 rings (SSSR count). The standard InChI is InChI=1S/C22H21NO5/c1-12-3-5-17-16(11-28-21(17)13(12)2)10-19(24)23-20(22(25)26)15-4-6-18-14(9-15)7-8-27-18/h3-6,9,11,20H,7-8,10H2,1-2H3,(H,23,24)(H,25,26). The molecule has 6 nitrogen and oxygen atoms in total. The van der Waals surface area contributed by atoms with E-state index in [1.807, 2.05) is 26.0 Å². The van der Waals surface area contributed by atoms with E-state index < -0.39 is 12.0 Å². The summed E-state index contributed by atoms with van der Waals surface area (Å²) in [4.78, 5) is 24.4. The van der Waals surface area contributed by atoms with E-state index in [0.29, 0.717) is 12.2 Å². The zero-order valence-electron chi connectivity index (χ0n) is 15.7. The summed E-state index contributed by atoms with van der Waals surface area (Å²) < 4.78 is 11.1. The van der Waals surface area contributed by atoms with Crippen LogP contribution in [0.15, 0.2) is 41.0 Å². The fraction of sp³-hybridized carbons (Fsp3) is 0.273. The maximum Gasteiger partial charge on any atom is 0.330 e. The first-order valence-electron chi connectivity index (χ1n) is 9.18. The van der Waals surface area contributed by atoms with Crippen molar-refractivity contribution in [2.75, 3.05) is 6.61 Å². The quantitative estimate of drug-likeness (QED) is 0.709. The number of carboxylic acid groups (broad SMARTS) is 1. The summed E-state index contributed by atoms with van der Waals surface area (Å²) in [5.41, 5.74) is 5.15. The van der Waals surface area contributed by atoms with E-state index in [1.165, 1.54) is 0 Å². The van der Waals surface area contributed by atoms with E-state index in [0.717, 1.165) is 45.4 Å². The van der Waals surface area contributed by atoms with Crippen molar-refractivity contribution >= 4 is 22.8 Å². The summed E-state index contributed by atoms with van der Waals surface area (Å²) in [6.45, 7) is 4.57. The molecule has 1 atom stereocenters. The smallest absolute Gasteiger partial charge is 0.330 e. The van der Waals surface area contributed by atoms with Crippen molar-refractivity contribution in [1.29, 1.82) is 0 Å². The van der Waals surface area contributed by atoms with Crippen LogP contribution < -0.4 is 10.1 Å². The van der Waals surface area contributed by atoms with Crippen LogP contribution in [0, 0.1) is 13.8 Å². The molecule has 0 saturated heterocycles. The summed E-state index contributed by atoms with van der Waals surface area (Å²) in [5, 5.41) is 13.1. The van der Waals surface area contributed by atoms with Crippen molar-refractivity contribution in [2.45, 2.75) is 32.7 Å². The number of hydrogen-bond acceptors (Lipinski definition) is 4. The van der Waals surface area contributed by atoms with E-state index in [9.17, 15) is 14.7 Å². The number of ether oxygens (including phenoxy) is 1. The SMILES string of the molecule is Cc1ccc2c(CC(=O)NC(C(=O)O)c3ccc4c(c3)CCO4)coc2c1C. The van der Waals surface area contributed by atoms with Crippen molar-refractivity contribution in [1.82, 2.24) is 5.32 Å². The third-order valence-electron chi connectivity index (χ3n) is 5.29. The van der Waals surface area contributed by atoms with Crippen molar-refractivity contribution in [2.24, 2.45) is 0 Å². The number of nitrogens with one attached hydrogen (secondary N) is 1. The van der Waals surface area contributed by atoms with Crippen molar-refractivity contribution in [3.63, 3.8) is 0 Å². The van der Waals surface area contributed by atoms with Gasteiger partial charge in [0.15, 0.2) is 6.04 Å². The number of aryl methyl sites for hydroxylation is 2. The first kappa shape index (κ1) is 18.1. The molecule has 1 aliphatic rings. The lowest BCUT2D eigenvalue weighted by atomic mass is 10.0. The predicted octanol–water partition coefficient (Wildman–Crippen LogP) is 3.47. The summed E-state index contributed by atoms with van der Waals surface area (Å²) in [6, 6.07) is 8.04. The molecule has 0 saturated carbocycles. The highest BCUT2D eigenvalue weighted by molar-refractivity contribution is 5.91. The Balaban J connectivity index is 1.55. The fourth-order valence-corrected chi connectivity index (χ4v) is 3.58. The molecule has 6 heteroatoms. The van der Waals surface area contributed by atoms with E-state index in [2.05, 4.69) is 5.32 Å². The molecule has 144 valence electrons. The average Bonchev–Trinajstić information content (AvgIpc) is 3.29. The molecule has 0 fully saturated rings. The molecule has 0 radical (unpaired) electrons. The molecule has 0 aliphatic carbocycles. The Bertz CT molecular complexity index is 1080. The Morgan fingerprint density at radius 3 is 2.82 bits per heavy atom. The second-order valence-corrected chi connectivity index (χ2v) is 7.13. The minimum atomic E-state index is -1.11.